The number of hydrogen-bond acceptors (Lipinski definition) is 4. The molecule has 0 N–H and O–H groups in total. The molecule has 1 aromatic heterocycles. The van der Waals surface area contributed by atoms with Crippen LogP contribution in [-0.2, 0) is 22.6 Å². The van der Waals surface area contributed by atoms with Crippen molar-refractivity contribution in [3.63, 3.8) is 0 Å². The summed E-state index contributed by atoms with van der Waals surface area (Å²) in [6, 6.07) is -0.0579. The highest BCUT2D eigenvalue weighted by Gasteiger charge is 2.47. The molecule has 110 valence electrons. The number of ether oxygens (including phenoxy) is 1. The number of rotatable bonds is 4. The molecule has 1 saturated carbocycles. The zero-order chi connectivity index (χ0) is 14.1. The van der Waals surface area contributed by atoms with Crippen molar-refractivity contribution in [2.45, 2.75) is 45.3 Å². The Morgan fingerprint density at radius 1 is 1.50 bits per heavy atom. The van der Waals surface area contributed by atoms with E-state index < -0.39 is 0 Å². The van der Waals surface area contributed by atoms with Crippen LogP contribution in [0.4, 0.5) is 0 Å². The highest BCUT2D eigenvalue weighted by Crippen LogP contribution is 2.43. The summed E-state index contributed by atoms with van der Waals surface area (Å²) in [5.41, 5.74) is 1.18. The van der Waals surface area contributed by atoms with Crippen LogP contribution < -0.4 is 0 Å². The smallest absolute Gasteiger partial charge is 0.323 e. The minimum absolute atomic E-state index is 0.0579. The fourth-order valence-corrected chi connectivity index (χ4v) is 3.90. The van der Waals surface area contributed by atoms with Crippen molar-refractivity contribution in [1.82, 2.24) is 14.7 Å². The van der Waals surface area contributed by atoms with Gasteiger partial charge < -0.3 is 4.74 Å². The Bertz CT molecular complexity index is 485. The number of nitrogens with zero attached hydrogens (tertiary/aromatic N) is 3. The number of methoxy groups -OCH3 is 1. The van der Waals surface area contributed by atoms with E-state index in [4.69, 9.17) is 4.74 Å². The van der Waals surface area contributed by atoms with Gasteiger partial charge in [-0.15, -0.1) is 0 Å². The minimum Gasteiger partial charge on any atom is -0.468 e. The van der Waals surface area contributed by atoms with E-state index in [1.165, 1.54) is 25.5 Å². The van der Waals surface area contributed by atoms with Crippen LogP contribution in [0.25, 0.3) is 0 Å². The van der Waals surface area contributed by atoms with Gasteiger partial charge in [-0.25, -0.2) is 0 Å². The second-order valence-corrected chi connectivity index (χ2v) is 5.96. The van der Waals surface area contributed by atoms with Crippen LogP contribution in [0.5, 0.6) is 0 Å². The van der Waals surface area contributed by atoms with E-state index >= 15 is 0 Å². The summed E-state index contributed by atoms with van der Waals surface area (Å²) in [5, 5.41) is 4.31. The van der Waals surface area contributed by atoms with Gasteiger partial charge in [-0.05, 0) is 31.6 Å². The molecular formula is C15H23N3O2. The van der Waals surface area contributed by atoms with Crippen molar-refractivity contribution in [3.8, 4) is 0 Å². The van der Waals surface area contributed by atoms with Crippen molar-refractivity contribution in [2.75, 3.05) is 13.7 Å². The molecule has 1 aromatic rings. The van der Waals surface area contributed by atoms with Gasteiger partial charge in [0.2, 0.25) is 0 Å². The van der Waals surface area contributed by atoms with Gasteiger partial charge in [0.05, 0.1) is 13.3 Å². The Balaban J connectivity index is 1.75. The molecule has 0 radical (unpaired) electrons. The van der Waals surface area contributed by atoms with Crippen molar-refractivity contribution in [2.24, 2.45) is 11.8 Å². The molecule has 3 rings (SSSR count). The normalized spacial score (nSPS) is 29.6. The molecule has 20 heavy (non-hydrogen) atoms. The second-order valence-electron chi connectivity index (χ2n) is 5.96. The maximum Gasteiger partial charge on any atom is 0.323 e. The molecule has 2 fully saturated rings. The molecule has 5 heteroatoms. The van der Waals surface area contributed by atoms with E-state index in [9.17, 15) is 4.79 Å². The highest BCUT2D eigenvalue weighted by molar-refractivity contribution is 5.76. The molecule has 1 aliphatic heterocycles. The first-order valence-corrected chi connectivity index (χ1v) is 7.56. The van der Waals surface area contributed by atoms with Gasteiger partial charge in [-0.1, -0.05) is 6.42 Å². The molecule has 0 aromatic carbocycles. The molecule has 0 bridgehead atoms. The van der Waals surface area contributed by atoms with E-state index in [2.05, 4.69) is 23.1 Å². The predicted molar refractivity (Wildman–Crippen MR) is 74.9 cm³/mol. The number of aromatic nitrogens is 2. The van der Waals surface area contributed by atoms with Crippen LogP contribution in [0.2, 0.25) is 0 Å². The first-order chi connectivity index (χ1) is 9.72. The van der Waals surface area contributed by atoms with Gasteiger partial charge in [-0.2, -0.15) is 5.10 Å². The number of fused-ring (bicyclic) bond motifs is 1. The van der Waals surface area contributed by atoms with Gasteiger partial charge in [0.15, 0.2) is 0 Å². The summed E-state index contributed by atoms with van der Waals surface area (Å²) in [4.78, 5) is 14.4. The number of esters is 1. The molecule has 2 aliphatic rings. The average molecular weight is 277 g/mol. The lowest BCUT2D eigenvalue weighted by Crippen LogP contribution is -2.39. The fourth-order valence-electron chi connectivity index (χ4n) is 3.90. The second kappa shape index (κ2) is 5.56. The summed E-state index contributed by atoms with van der Waals surface area (Å²) in [7, 11) is 1.50. The SMILES string of the molecule is CCn1cc(CN2CC3CCCC3C2C(=O)OC)cn1. The van der Waals surface area contributed by atoms with Crippen LogP contribution in [0.3, 0.4) is 0 Å². The lowest BCUT2D eigenvalue weighted by Gasteiger charge is -2.24. The van der Waals surface area contributed by atoms with Crippen LogP contribution in [0.15, 0.2) is 12.4 Å². The topological polar surface area (TPSA) is 47.4 Å². The van der Waals surface area contributed by atoms with Crippen molar-refractivity contribution in [1.29, 1.82) is 0 Å². The molecule has 3 atom stereocenters. The van der Waals surface area contributed by atoms with Crippen molar-refractivity contribution < 1.29 is 9.53 Å². The van der Waals surface area contributed by atoms with E-state index in [0.29, 0.717) is 11.8 Å². The first-order valence-electron chi connectivity index (χ1n) is 7.56. The first kappa shape index (κ1) is 13.6. The summed E-state index contributed by atoms with van der Waals surface area (Å²) in [5.74, 6) is 1.09. The van der Waals surface area contributed by atoms with E-state index in [0.717, 1.165) is 26.1 Å². The fraction of sp³-hybridized carbons (Fsp3) is 0.733. The third kappa shape index (κ3) is 2.35. The summed E-state index contributed by atoms with van der Waals surface area (Å²) < 4.78 is 6.97. The molecule has 3 unspecified atom stereocenters. The minimum atomic E-state index is -0.0673. The van der Waals surface area contributed by atoms with Crippen LogP contribution in [0.1, 0.15) is 31.7 Å². The quantitative estimate of drug-likeness (QED) is 0.786. The van der Waals surface area contributed by atoms with Gasteiger partial charge in [-0.3, -0.25) is 14.4 Å². The van der Waals surface area contributed by atoms with Gasteiger partial charge in [0, 0.05) is 31.4 Å². The molecule has 1 aliphatic carbocycles. The summed E-state index contributed by atoms with van der Waals surface area (Å²) >= 11 is 0. The summed E-state index contributed by atoms with van der Waals surface area (Å²) in [6.07, 6.45) is 7.65. The third-order valence-electron chi connectivity index (χ3n) is 4.82. The zero-order valence-electron chi connectivity index (χ0n) is 12.3. The van der Waals surface area contributed by atoms with Crippen molar-refractivity contribution in [3.05, 3.63) is 18.0 Å². The number of aryl methyl sites for hydroxylation is 1. The number of likely N-dealkylation sites (tertiary alicyclic amines) is 1. The predicted octanol–water partition coefficient (Wildman–Crippen LogP) is 1.68. The monoisotopic (exact) mass is 277 g/mol. The Kier molecular flexibility index (Phi) is 3.78. The average Bonchev–Trinajstić information content (AvgIpc) is 3.13. The van der Waals surface area contributed by atoms with Gasteiger partial charge in [0.25, 0.3) is 0 Å². The van der Waals surface area contributed by atoms with Crippen LogP contribution in [0, 0.1) is 11.8 Å². The van der Waals surface area contributed by atoms with E-state index in [1.807, 2.05) is 10.9 Å². The number of carbonyl (C=O) groups is 1. The Morgan fingerprint density at radius 2 is 2.35 bits per heavy atom. The molecule has 0 spiro atoms. The van der Waals surface area contributed by atoms with Gasteiger partial charge in [0.1, 0.15) is 6.04 Å². The van der Waals surface area contributed by atoms with E-state index in [1.54, 1.807) is 0 Å². The molecule has 1 saturated heterocycles. The van der Waals surface area contributed by atoms with E-state index in [-0.39, 0.29) is 12.0 Å². The lowest BCUT2D eigenvalue weighted by molar-refractivity contribution is -0.147. The third-order valence-corrected chi connectivity index (χ3v) is 4.82. The Hall–Kier alpha value is -1.36. The standard InChI is InChI=1S/C15H23N3O2/c1-3-18-9-11(7-16-18)8-17-10-12-5-4-6-13(12)14(17)15(19)20-2/h7,9,12-14H,3-6,8,10H2,1-2H3. The Morgan fingerprint density at radius 3 is 3.05 bits per heavy atom. The summed E-state index contributed by atoms with van der Waals surface area (Å²) in [6.45, 7) is 4.77. The molecular weight excluding hydrogens is 254 g/mol. The van der Waals surface area contributed by atoms with Crippen LogP contribution >= 0.6 is 0 Å². The maximum absolute atomic E-state index is 12.1. The largest absolute Gasteiger partial charge is 0.468 e. The number of hydrogen-bond donors (Lipinski definition) is 0. The maximum atomic E-state index is 12.1. The Labute approximate surface area is 119 Å². The molecule has 5 nitrogen and oxygen atoms in total. The highest BCUT2D eigenvalue weighted by atomic mass is 16.5. The van der Waals surface area contributed by atoms with Crippen LogP contribution in [-0.4, -0.2) is 40.3 Å². The molecule has 2 heterocycles. The van der Waals surface area contributed by atoms with Gasteiger partial charge >= 0.3 is 5.97 Å². The molecule has 0 amide bonds. The van der Waals surface area contributed by atoms with Crippen molar-refractivity contribution >= 4 is 5.97 Å². The lowest BCUT2D eigenvalue weighted by atomic mass is 9.94. The zero-order valence-corrected chi connectivity index (χ0v) is 12.3. The number of carbonyl (C=O) groups excluding carboxylic acids is 1.